The van der Waals surface area contributed by atoms with E-state index in [1.165, 1.54) is 18.1 Å². The lowest BCUT2D eigenvalue weighted by molar-refractivity contribution is 0.100. The fourth-order valence-electron chi connectivity index (χ4n) is 5.86. The number of hydrogen-bond acceptors (Lipinski definition) is 9. The molecule has 0 bridgehead atoms. The molecule has 0 radical (unpaired) electrons. The van der Waals surface area contributed by atoms with Gasteiger partial charge in [0.2, 0.25) is 0 Å². The summed E-state index contributed by atoms with van der Waals surface area (Å²) in [5.41, 5.74) is 4.39. The molecule has 9 heteroatoms. The Morgan fingerprint density at radius 3 is 1.25 bits per heavy atom. The normalized spacial score (nSPS) is 9.98. The molecule has 0 spiro atoms. The topological polar surface area (TPSA) is 107 Å². The van der Waals surface area contributed by atoms with Gasteiger partial charge >= 0.3 is 0 Å². The Labute approximate surface area is 346 Å². The lowest BCUT2D eigenvalue weighted by atomic mass is 10.0. The summed E-state index contributed by atoms with van der Waals surface area (Å²) in [6.45, 7) is 4.65. The van der Waals surface area contributed by atoms with Crippen LogP contribution >= 0.6 is 0 Å². The van der Waals surface area contributed by atoms with E-state index in [0.29, 0.717) is 16.9 Å². The lowest BCUT2D eigenvalue weighted by Crippen LogP contribution is -1.98. The summed E-state index contributed by atoms with van der Waals surface area (Å²) in [5.74, 6) is 4.86. The van der Waals surface area contributed by atoms with Gasteiger partial charge in [0.1, 0.15) is 34.5 Å². The summed E-state index contributed by atoms with van der Waals surface area (Å²) < 4.78 is 30.8. The van der Waals surface area contributed by atoms with Crippen molar-refractivity contribution in [2.45, 2.75) is 20.8 Å². The largest absolute Gasteiger partial charge is 0.497 e. The van der Waals surface area contributed by atoms with Gasteiger partial charge in [0.15, 0.2) is 17.3 Å². The molecule has 304 valence electrons. The van der Waals surface area contributed by atoms with Crippen molar-refractivity contribution >= 4 is 38.9 Å². The van der Waals surface area contributed by atoms with Crippen molar-refractivity contribution < 1.29 is 42.8 Å². The third kappa shape index (κ3) is 12.4. The van der Waals surface area contributed by atoms with Crippen molar-refractivity contribution in [1.29, 1.82) is 0 Å². The summed E-state index contributed by atoms with van der Waals surface area (Å²) in [5, 5.41) is 4.05. The number of hydrogen-bond donors (Lipinski definition) is 0. The van der Waals surface area contributed by atoms with Crippen LogP contribution < -0.4 is 28.4 Å². The van der Waals surface area contributed by atoms with Gasteiger partial charge < -0.3 is 28.4 Å². The Bertz CT molecular complexity index is 2420. The van der Waals surface area contributed by atoms with E-state index in [4.69, 9.17) is 28.4 Å². The molecular weight excluding hydrogens is 745 g/mol. The Balaban J connectivity index is 0.000000176. The summed E-state index contributed by atoms with van der Waals surface area (Å²) in [4.78, 5) is 33.5. The van der Waals surface area contributed by atoms with E-state index in [1.54, 1.807) is 80.8 Å². The van der Waals surface area contributed by atoms with Crippen LogP contribution in [0.15, 0.2) is 140 Å². The number of carbonyl (C=O) groups excluding carboxylic acids is 3. The second-order valence-electron chi connectivity index (χ2n) is 13.0. The number of benzene rings is 7. The molecule has 0 amide bonds. The monoisotopic (exact) mass is 794 g/mol. The van der Waals surface area contributed by atoms with E-state index in [9.17, 15) is 14.4 Å². The minimum Gasteiger partial charge on any atom is -0.497 e. The van der Waals surface area contributed by atoms with E-state index < -0.39 is 0 Å². The molecule has 0 atom stereocenters. The Morgan fingerprint density at radius 1 is 0.356 bits per heavy atom. The predicted octanol–water partition coefficient (Wildman–Crippen LogP) is 11.4. The van der Waals surface area contributed by atoms with Crippen LogP contribution in [0.5, 0.6) is 34.5 Å². The Hall–Kier alpha value is -7.13. The van der Waals surface area contributed by atoms with Crippen LogP contribution in [0.1, 0.15) is 51.8 Å². The molecule has 0 aliphatic carbocycles. The van der Waals surface area contributed by atoms with E-state index in [-0.39, 0.29) is 17.3 Å². The fraction of sp³-hybridized carbons (Fsp3) is 0.180. The molecule has 0 aliphatic heterocycles. The van der Waals surface area contributed by atoms with Gasteiger partial charge in [0, 0.05) is 16.5 Å². The summed E-state index contributed by atoms with van der Waals surface area (Å²) in [6, 6.07) is 43.9. The zero-order valence-electron chi connectivity index (χ0n) is 35.0. The van der Waals surface area contributed by atoms with Gasteiger partial charge in [-0.25, -0.2) is 0 Å². The zero-order chi connectivity index (χ0) is 42.9. The lowest BCUT2D eigenvalue weighted by Gasteiger charge is -2.10. The summed E-state index contributed by atoms with van der Waals surface area (Å²) in [7, 11) is 9.77. The van der Waals surface area contributed by atoms with Gasteiger partial charge in [-0.2, -0.15) is 0 Å². The number of ketones is 3. The van der Waals surface area contributed by atoms with Gasteiger partial charge in [-0.05, 0) is 133 Å². The molecule has 7 aromatic carbocycles. The van der Waals surface area contributed by atoms with Crippen molar-refractivity contribution in [3.8, 4) is 45.6 Å². The van der Waals surface area contributed by atoms with Crippen LogP contribution in [-0.4, -0.2) is 60.0 Å². The van der Waals surface area contributed by atoms with Gasteiger partial charge in [0.05, 0.1) is 48.2 Å². The van der Waals surface area contributed by atoms with Crippen molar-refractivity contribution in [2.75, 3.05) is 42.7 Å². The molecular formula is C50H50O9. The van der Waals surface area contributed by atoms with E-state index in [1.807, 2.05) is 115 Å². The molecule has 0 aromatic heterocycles. The molecule has 0 aliphatic rings. The maximum absolute atomic E-state index is 11.5. The highest BCUT2D eigenvalue weighted by molar-refractivity contribution is 6.03. The van der Waals surface area contributed by atoms with Crippen LogP contribution in [0, 0.1) is 0 Å². The Kier molecular flexibility index (Phi) is 16.6. The maximum Gasteiger partial charge on any atom is 0.163 e. The molecule has 59 heavy (non-hydrogen) atoms. The number of Topliss-reactive ketones (excluding diaryl/α,β-unsaturated/α-hetero) is 3. The summed E-state index contributed by atoms with van der Waals surface area (Å²) >= 11 is 0. The number of rotatable bonds is 10. The van der Waals surface area contributed by atoms with Crippen LogP contribution in [0.2, 0.25) is 0 Å². The van der Waals surface area contributed by atoms with Gasteiger partial charge in [-0.15, -0.1) is 0 Å². The van der Waals surface area contributed by atoms with Gasteiger partial charge in [-0.3, -0.25) is 14.4 Å². The van der Waals surface area contributed by atoms with E-state index in [2.05, 4.69) is 0 Å². The van der Waals surface area contributed by atoms with Crippen molar-refractivity contribution in [3.05, 3.63) is 156 Å². The van der Waals surface area contributed by atoms with Gasteiger partial charge in [0.25, 0.3) is 0 Å². The molecule has 7 aromatic rings. The predicted molar refractivity (Wildman–Crippen MR) is 236 cm³/mol. The molecule has 0 fully saturated rings. The first kappa shape index (κ1) is 44.6. The van der Waals surface area contributed by atoms with Crippen molar-refractivity contribution in [1.82, 2.24) is 0 Å². The first-order chi connectivity index (χ1) is 28.4. The molecule has 7 rings (SSSR count). The second-order valence-corrected chi connectivity index (χ2v) is 13.0. The average Bonchev–Trinajstić information content (AvgIpc) is 3.28. The van der Waals surface area contributed by atoms with Crippen molar-refractivity contribution in [2.24, 2.45) is 0 Å². The molecule has 0 N–H and O–H groups in total. The van der Waals surface area contributed by atoms with Crippen LogP contribution in [-0.2, 0) is 0 Å². The third-order valence-electron chi connectivity index (χ3n) is 9.22. The molecule has 0 saturated heterocycles. The van der Waals surface area contributed by atoms with Crippen LogP contribution in [0.3, 0.4) is 0 Å². The summed E-state index contributed by atoms with van der Waals surface area (Å²) in [6.07, 6.45) is 0. The number of ether oxygens (including phenoxy) is 6. The smallest absolute Gasteiger partial charge is 0.163 e. The highest BCUT2D eigenvalue weighted by atomic mass is 16.5. The van der Waals surface area contributed by atoms with Crippen LogP contribution in [0.4, 0.5) is 0 Å². The number of carbonyl (C=O) groups is 3. The minimum atomic E-state index is -0.00781. The SMILES string of the molecule is COc1cc2c(OC)cccc2cc1C(C)=O.COc1ccc(-c2ccc(OC)cc2)cc1.COc1ccc(C(C)=O)cc1.COc1ccc2cc(C(C)=O)ccc2c1. The van der Waals surface area contributed by atoms with Crippen molar-refractivity contribution in [3.63, 3.8) is 0 Å². The quantitative estimate of drug-likeness (QED) is 0.125. The fourth-order valence-corrected chi connectivity index (χ4v) is 5.86. The highest BCUT2D eigenvalue weighted by Gasteiger charge is 2.12. The zero-order valence-corrected chi connectivity index (χ0v) is 35.0. The second kappa shape index (κ2) is 22.0. The standard InChI is InChI=1S/C14H14O3.C14H14O2.C13H12O2.C9H10O2/c1-9(15)11-7-10-5-4-6-13(16-2)12(10)8-14(11)17-3;1-15-13-7-3-11(4-8-13)12-5-9-14(16-2)10-6-12;1-9(14)10-3-4-12-8-13(15-2)6-5-11(12)7-10;1-7(10)8-3-5-9(11-2)6-4-8/h4-8H,1-3H3;3-10H,1-2H3;3-8H,1-2H3;3-6H,1-2H3. The highest BCUT2D eigenvalue weighted by Crippen LogP contribution is 2.32. The van der Waals surface area contributed by atoms with E-state index in [0.717, 1.165) is 55.9 Å². The molecule has 0 heterocycles. The third-order valence-corrected chi connectivity index (χ3v) is 9.22. The maximum atomic E-state index is 11.5. The van der Waals surface area contributed by atoms with Crippen LogP contribution in [0.25, 0.3) is 32.7 Å². The minimum absolute atomic E-state index is 0.00781. The molecule has 0 unspecified atom stereocenters. The Morgan fingerprint density at radius 2 is 0.797 bits per heavy atom. The first-order valence-electron chi connectivity index (χ1n) is 18.6. The number of fused-ring (bicyclic) bond motifs is 2. The van der Waals surface area contributed by atoms with E-state index >= 15 is 0 Å². The van der Waals surface area contributed by atoms with Gasteiger partial charge in [-0.1, -0.05) is 54.6 Å². The number of methoxy groups -OCH3 is 6. The molecule has 0 saturated carbocycles. The molecule has 9 nitrogen and oxygen atoms in total. The first-order valence-corrected chi connectivity index (χ1v) is 18.6. The average molecular weight is 795 g/mol.